The molecule has 0 saturated heterocycles. The van der Waals surface area contributed by atoms with Gasteiger partial charge in [-0.3, -0.25) is 0 Å². The molecule has 0 atom stereocenters. The van der Waals surface area contributed by atoms with Gasteiger partial charge in [0.05, 0.1) is 5.56 Å². The fourth-order valence-electron chi connectivity index (χ4n) is 1.65. The Balaban J connectivity index is 1.97. The van der Waals surface area contributed by atoms with Crippen molar-refractivity contribution in [3.8, 4) is 22.8 Å². The van der Waals surface area contributed by atoms with E-state index in [2.05, 4.69) is 25.5 Å². The van der Waals surface area contributed by atoms with Crippen LogP contribution in [-0.2, 0) is 7.05 Å². The van der Waals surface area contributed by atoms with Crippen LogP contribution in [0.3, 0.4) is 0 Å². The van der Waals surface area contributed by atoms with Crippen LogP contribution in [0.4, 0.5) is 0 Å². The molecule has 3 aromatic rings. The highest BCUT2D eigenvalue weighted by molar-refractivity contribution is 5.58. The third kappa shape index (κ3) is 1.84. The molecule has 0 radical (unpaired) electrons. The number of rotatable bonds is 2. The number of benzene rings is 1. The van der Waals surface area contributed by atoms with Crippen LogP contribution in [0.25, 0.3) is 22.8 Å². The molecule has 0 saturated carbocycles. The predicted molar refractivity (Wildman–Crippen MR) is 65.3 cm³/mol. The van der Waals surface area contributed by atoms with Crippen LogP contribution in [0.15, 0.2) is 42.7 Å². The van der Waals surface area contributed by atoms with Crippen molar-refractivity contribution < 1.29 is 0 Å². The number of nitrogens with zero attached hydrogens (tertiary/aromatic N) is 6. The summed E-state index contributed by atoms with van der Waals surface area (Å²) in [5.74, 6) is 1.34. The second-order valence-corrected chi connectivity index (χ2v) is 3.79. The molecule has 2 heterocycles. The van der Waals surface area contributed by atoms with Crippen molar-refractivity contribution in [1.82, 2.24) is 30.2 Å². The Hall–Kier alpha value is -2.63. The minimum absolute atomic E-state index is 0.648. The highest BCUT2D eigenvalue weighted by Crippen LogP contribution is 2.17. The molecular formula is C12H10N6. The molecule has 18 heavy (non-hydrogen) atoms. The Bertz CT molecular complexity index is 644. The van der Waals surface area contributed by atoms with Crippen LogP contribution < -0.4 is 0 Å². The quantitative estimate of drug-likeness (QED) is 0.673. The van der Waals surface area contributed by atoms with E-state index in [1.165, 1.54) is 0 Å². The summed E-state index contributed by atoms with van der Waals surface area (Å²) in [6.45, 7) is 0. The van der Waals surface area contributed by atoms with Crippen LogP contribution in [0.2, 0.25) is 0 Å². The lowest BCUT2D eigenvalue weighted by molar-refractivity contribution is 0.714. The molecule has 3 rings (SSSR count). The third-order valence-corrected chi connectivity index (χ3v) is 2.56. The molecule has 0 aliphatic rings. The Morgan fingerprint density at radius 3 is 2.28 bits per heavy atom. The summed E-state index contributed by atoms with van der Waals surface area (Å²) < 4.78 is 1.58. The fraction of sp³-hybridized carbons (Fsp3) is 0.0833. The topological polar surface area (TPSA) is 69.4 Å². The Kier molecular flexibility index (Phi) is 2.53. The standard InChI is InChI=1S/C12H10N6/c1-18-12(15-16-17-18)10-7-13-11(14-8-10)9-5-3-2-4-6-9/h2-8H,1H3. The van der Waals surface area contributed by atoms with Gasteiger partial charge in [0.15, 0.2) is 11.6 Å². The Morgan fingerprint density at radius 2 is 1.67 bits per heavy atom. The first kappa shape index (κ1) is 10.5. The van der Waals surface area contributed by atoms with Gasteiger partial charge in [0.2, 0.25) is 0 Å². The summed E-state index contributed by atoms with van der Waals surface area (Å²) in [5.41, 5.74) is 1.78. The lowest BCUT2D eigenvalue weighted by Crippen LogP contribution is -1.96. The van der Waals surface area contributed by atoms with Gasteiger partial charge in [0.1, 0.15) is 0 Å². The Morgan fingerprint density at radius 1 is 0.944 bits per heavy atom. The van der Waals surface area contributed by atoms with Gasteiger partial charge in [-0.2, -0.15) is 0 Å². The SMILES string of the molecule is Cn1nnnc1-c1cnc(-c2ccccc2)nc1. The number of tetrazole rings is 1. The zero-order valence-electron chi connectivity index (χ0n) is 9.72. The maximum atomic E-state index is 4.33. The van der Waals surface area contributed by atoms with Crippen molar-refractivity contribution in [3.63, 3.8) is 0 Å². The maximum Gasteiger partial charge on any atom is 0.184 e. The normalized spacial score (nSPS) is 10.5. The van der Waals surface area contributed by atoms with Crippen LogP contribution in [0, 0.1) is 0 Å². The summed E-state index contributed by atoms with van der Waals surface area (Å²) in [5, 5.41) is 11.3. The van der Waals surface area contributed by atoms with Crippen LogP contribution in [-0.4, -0.2) is 30.2 Å². The molecular weight excluding hydrogens is 228 g/mol. The first-order valence-corrected chi connectivity index (χ1v) is 5.45. The smallest absolute Gasteiger partial charge is 0.184 e. The van der Waals surface area contributed by atoms with Crippen molar-refractivity contribution in [2.75, 3.05) is 0 Å². The van der Waals surface area contributed by atoms with Crippen molar-refractivity contribution in [2.24, 2.45) is 7.05 Å². The van der Waals surface area contributed by atoms with Gasteiger partial charge in [-0.15, -0.1) is 5.10 Å². The molecule has 6 nitrogen and oxygen atoms in total. The monoisotopic (exact) mass is 238 g/mol. The zero-order chi connectivity index (χ0) is 12.4. The largest absolute Gasteiger partial charge is 0.236 e. The van der Waals surface area contributed by atoms with Gasteiger partial charge in [0, 0.05) is 25.0 Å². The summed E-state index contributed by atoms with van der Waals surface area (Å²) in [6.07, 6.45) is 3.45. The van der Waals surface area contributed by atoms with Crippen molar-refractivity contribution in [1.29, 1.82) is 0 Å². The van der Waals surface area contributed by atoms with Crippen molar-refractivity contribution >= 4 is 0 Å². The molecule has 2 aromatic heterocycles. The molecule has 0 amide bonds. The average Bonchev–Trinajstić information content (AvgIpc) is 2.86. The molecule has 0 aliphatic heterocycles. The van der Waals surface area contributed by atoms with Gasteiger partial charge in [-0.05, 0) is 10.4 Å². The molecule has 88 valence electrons. The molecule has 0 fully saturated rings. The second kappa shape index (κ2) is 4.33. The predicted octanol–water partition coefficient (Wildman–Crippen LogP) is 1.33. The number of aromatic nitrogens is 6. The average molecular weight is 238 g/mol. The molecule has 0 unspecified atom stereocenters. The summed E-state index contributed by atoms with van der Waals surface area (Å²) >= 11 is 0. The van der Waals surface area contributed by atoms with E-state index in [4.69, 9.17) is 0 Å². The van der Waals surface area contributed by atoms with E-state index < -0.39 is 0 Å². The molecule has 6 heteroatoms. The highest BCUT2D eigenvalue weighted by Gasteiger charge is 2.07. The van der Waals surface area contributed by atoms with E-state index in [0.717, 1.165) is 11.1 Å². The van der Waals surface area contributed by atoms with E-state index in [1.54, 1.807) is 24.1 Å². The van der Waals surface area contributed by atoms with E-state index in [-0.39, 0.29) is 0 Å². The van der Waals surface area contributed by atoms with E-state index in [0.29, 0.717) is 11.6 Å². The molecule has 1 aromatic carbocycles. The van der Waals surface area contributed by atoms with E-state index >= 15 is 0 Å². The minimum atomic E-state index is 0.648. The molecule has 0 N–H and O–H groups in total. The van der Waals surface area contributed by atoms with Gasteiger partial charge in [-0.1, -0.05) is 30.3 Å². The zero-order valence-corrected chi connectivity index (χ0v) is 9.72. The number of hydrogen-bond donors (Lipinski definition) is 0. The lowest BCUT2D eigenvalue weighted by atomic mass is 10.2. The maximum absolute atomic E-state index is 4.33. The van der Waals surface area contributed by atoms with E-state index in [9.17, 15) is 0 Å². The summed E-state index contributed by atoms with van der Waals surface area (Å²) in [6, 6.07) is 9.82. The van der Waals surface area contributed by atoms with Gasteiger partial charge >= 0.3 is 0 Å². The second-order valence-electron chi connectivity index (χ2n) is 3.79. The van der Waals surface area contributed by atoms with Gasteiger partial charge in [0.25, 0.3) is 0 Å². The van der Waals surface area contributed by atoms with Gasteiger partial charge in [-0.25, -0.2) is 14.6 Å². The fourth-order valence-corrected chi connectivity index (χ4v) is 1.65. The third-order valence-electron chi connectivity index (χ3n) is 2.56. The van der Waals surface area contributed by atoms with Crippen LogP contribution in [0.1, 0.15) is 0 Å². The molecule has 0 spiro atoms. The number of aryl methyl sites for hydroxylation is 1. The Labute approximate surface area is 103 Å². The van der Waals surface area contributed by atoms with E-state index in [1.807, 2.05) is 30.3 Å². The minimum Gasteiger partial charge on any atom is -0.236 e. The molecule has 0 bridgehead atoms. The van der Waals surface area contributed by atoms with Crippen molar-refractivity contribution in [2.45, 2.75) is 0 Å². The summed E-state index contributed by atoms with van der Waals surface area (Å²) in [7, 11) is 1.78. The van der Waals surface area contributed by atoms with Gasteiger partial charge < -0.3 is 0 Å². The highest BCUT2D eigenvalue weighted by atomic mass is 15.5. The van der Waals surface area contributed by atoms with Crippen molar-refractivity contribution in [3.05, 3.63) is 42.7 Å². The number of hydrogen-bond acceptors (Lipinski definition) is 5. The summed E-state index contributed by atoms with van der Waals surface area (Å²) in [4.78, 5) is 8.65. The first-order valence-electron chi connectivity index (χ1n) is 5.45. The first-order chi connectivity index (χ1) is 8.84. The lowest BCUT2D eigenvalue weighted by Gasteiger charge is -2.01. The van der Waals surface area contributed by atoms with Crippen LogP contribution in [0.5, 0.6) is 0 Å². The van der Waals surface area contributed by atoms with Crippen LogP contribution >= 0.6 is 0 Å². The molecule has 0 aliphatic carbocycles.